The lowest BCUT2D eigenvalue weighted by Crippen LogP contribution is -2.55. The van der Waals surface area contributed by atoms with Crippen LogP contribution in [0, 0.1) is 21.3 Å². The SMILES string of the molecule is O=[N+]([O-])c1ccc(OC2CC(Br)C23CCCC3)cc1F. The number of nitro benzene ring substituents is 1. The van der Waals surface area contributed by atoms with Crippen LogP contribution in [0.5, 0.6) is 5.75 Å². The maximum atomic E-state index is 13.6. The Balaban J connectivity index is 1.76. The summed E-state index contributed by atoms with van der Waals surface area (Å²) in [4.78, 5) is 10.3. The highest BCUT2D eigenvalue weighted by Crippen LogP contribution is 2.57. The van der Waals surface area contributed by atoms with Gasteiger partial charge in [-0.05, 0) is 25.3 Å². The first-order valence-electron chi connectivity index (χ1n) is 6.77. The van der Waals surface area contributed by atoms with Gasteiger partial charge in [0, 0.05) is 22.4 Å². The van der Waals surface area contributed by atoms with Crippen molar-refractivity contribution < 1.29 is 14.1 Å². The number of hydrogen-bond donors (Lipinski definition) is 0. The van der Waals surface area contributed by atoms with Crippen molar-refractivity contribution in [2.75, 3.05) is 0 Å². The van der Waals surface area contributed by atoms with Gasteiger partial charge in [-0.1, -0.05) is 28.8 Å². The van der Waals surface area contributed by atoms with Gasteiger partial charge < -0.3 is 4.74 Å². The average Bonchev–Trinajstić information content (AvgIpc) is 2.90. The monoisotopic (exact) mass is 343 g/mol. The van der Waals surface area contributed by atoms with Crippen LogP contribution in [-0.4, -0.2) is 15.9 Å². The molecule has 2 saturated carbocycles. The Labute approximate surface area is 124 Å². The van der Waals surface area contributed by atoms with Gasteiger partial charge in [0.05, 0.1) is 4.92 Å². The van der Waals surface area contributed by atoms with Gasteiger partial charge in [-0.3, -0.25) is 10.1 Å². The maximum Gasteiger partial charge on any atom is 0.305 e. The van der Waals surface area contributed by atoms with E-state index in [0.717, 1.165) is 31.4 Å². The molecule has 0 N–H and O–H groups in total. The van der Waals surface area contributed by atoms with Crippen LogP contribution in [0.25, 0.3) is 0 Å². The van der Waals surface area contributed by atoms with E-state index in [4.69, 9.17) is 4.74 Å². The Kier molecular flexibility index (Phi) is 3.44. The standard InChI is InChI=1S/C14H15BrFNO3/c15-12-8-13(14(12)5-1-2-6-14)20-9-3-4-11(17(18)19)10(16)7-9/h3-4,7,12-13H,1-2,5-6,8H2. The third-order valence-corrected chi connectivity index (χ3v) is 5.90. The molecule has 0 bridgehead atoms. The van der Waals surface area contributed by atoms with E-state index in [1.54, 1.807) is 0 Å². The van der Waals surface area contributed by atoms with Gasteiger partial charge in [-0.2, -0.15) is 4.39 Å². The predicted octanol–water partition coefficient (Wildman–Crippen LogP) is 4.21. The maximum absolute atomic E-state index is 13.6. The highest BCUT2D eigenvalue weighted by molar-refractivity contribution is 9.09. The number of ether oxygens (including phenoxy) is 1. The van der Waals surface area contributed by atoms with Gasteiger partial charge in [-0.15, -0.1) is 0 Å². The van der Waals surface area contributed by atoms with E-state index < -0.39 is 16.4 Å². The summed E-state index contributed by atoms with van der Waals surface area (Å²) in [6.07, 6.45) is 5.65. The highest BCUT2D eigenvalue weighted by atomic mass is 79.9. The van der Waals surface area contributed by atoms with Crippen LogP contribution in [0.15, 0.2) is 18.2 Å². The van der Waals surface area contributed by atoms with Gasteiger partial charge >= 0.3 is 5.69 Å². The van der Waals surface area contributed by atoms with E-state index in [9.17, 15) is 14.5 Å². The van der Waals surface area contributed by atoms with Crippen molar-refractivity contribution >= 4 is 21.6 Å². The number of nitrogens with zero attached hydrogens (tertiary/aromatic N) is 1. The fourth-order valence-electron chi connectivity index (χ4n) is 3.41. The van der Waals surface area contributed by atoms with Crippen molar-refractivity contribution in [1.82, 2.24) is 0 Å². The molecule has 0 aliphatic heterocycles. The smallest absolute Gasteiger partial charge is 0.305 e. The molecule has 108 valence electrons. The molecule has 2 unspecified atom stereocenters. The predicted molar refractivity (Wildman–Crippen MR) is 75.7 cm³/mol. The van der Waals surface area contributed by atoms with Crippen LogP contribution in [0.4, 0.5) is 10.1 Å². The normalized spacial score (nSPS) is 27.3. The minimum absolute atomic E-state index is 0.0789. The number of rotatable bonds is 3. The summed E-state index contributed by atoms with van der Waals surface area (Å²) in [6, 6.07) is 3.75. The largest absolute Gasteiger partial charge is 0.490 e. The second kappa shape index (κ2) is 4.98. The molecule has 0 aromatic heterocycles. The number of hydrogen-bond acceptors (Lipinski definition) is 3. The first kappa shape index (κ1) is 13.8. The van der Waals surface area contributed by atoms with E-state index in [1.165, 1.54) is 18.9 Å². The summed E-state index contributed by atoms with van der Waals surface area (Å²) >= 11 is 3.70. The van der Waals surface area contributed by atoms with Gasteiger partial charge in [0.2, 0.25) is 5.82 Å². The average molecular weight is 344 g/mol. The number of alkyl halides is 1. The molecule has 0 heterocycles. The van der Waals surface area contributed by atoms with Crippen LogP contribution in [0.2, 0.25) is 0 Å². The zero-order chi connectivity index (χ0) is 14.3. The first-order valence-corrected chi connectivity index (χ1v) is 7.69. The van der Waals surface area contributed by atoms with E-state index in [0.29, 0.717) is 10.6 Å². The highest BCUT2D eigenvalue weighted by Gasteiger charge is 2.56. The molecule has 0 saturated heterocycles. The molecule has 2 atom stereocenters. The van der Waals surface area contributed by atoms with Crippen molar-refractivity contribution in [3.8, 4) is 5.75 Å². The van der Waals surface area contributed by atoms with Crippen molar-refractivity contribution in [2.45, 2.75) is 43.0 Å². The molecule has 2 aliphatic rings. The molecule has 1 aromatic carbocycles. The summed E-state index contributed by atoms with van der Waals surface area (Å²) in [5.41, 5.74) is -0.349. The summed E-state index contributed by atoms with van der Waals surface area (Å²) in [7, 11) is 0. The van der Waals surface area contributed by atoms with Crippen molar-refractivity contribution in [3.05, 3.63) is 34.1 Å². The number of benzene rings is 1. The van der Waals surface area contributed by atoms with E-state index in [2.05, 4.69) is 15.9 Å². The Morgan fingerprint density at radius 2 is 2.10 bits per heavy atom. The van der Waals surface area contributed by atoms with Crippen LogP contribution >= 0.6 is 15.9 Å². The zero-order valence-electron chi connectivity index (χ0n) is 10.9. The molecule has 4 nitrogen and oxygen atoms in total. The summed E-state index contributed by atoms with van der Waals surface area (Å²) in [6.45, 7) is 0. The summed E-state index contributed by atoms with van der Waals surface area (Å²) in [5, 5.41) is 10.6. The molecule has 0 radical (unpaired) electrons. The molecule has 1 aromatic rings. The van der Waals surface area contributed by atoms with Gasteiger partial charge in [0.15, 0.2) is 0 Å². The Morgan fingerprint density at radius 3 is 2.65 bits per heavy atom. The Morgan fingerprint density at radius 1 is 1.40 bits per heavy atom. The molecule has 2 fully saturated rings. The quantitative estimate of drug-likeness (QED) is 0.469. The molecular formula is C14H15BrFNO3. The van der Waals surface area contributed by atoms with Gasteiger partial charge in [0.25, 0.3) is 0 Å². The lowest BCUT2D eigenvalue weighted by atomic mass is 9.64. The lowest BCUT2D eigenvalue weighted by Gasteiger charge is -2.51. The van der Waals surface area contributed by atoms with E-state index in [-0.39, 0.29) is 11.5 Å². The first-order chi connectivity index (χ1) is 9.53. The van der Waals surface area contributed by atoms with Crippen LogP contribution in [0.3, 0.4) is 0 Å². The summed E-state index contributed by atoms with van der Waals surface area (Å²) < 4.78 is 19.5. The molecule has 2 aliphatic carbocycles. The fourth-order valence-corrected chi connectivity index (χ4v) is 4.50. The molecule has 1 spiro atoms. The molecule has 20 heavy (non-hydrogen) atoms. The lowest BCUT2D eigenvalue weighted by molar-refractivity contribution is -0.387. The minimum Gasteiger partial charge on any atom is -0.490 e. The second-order valence-corrected chi connectivity index (χ2v) is 6.73. The molecular weight excluding hydrogens is 329 g/mol. The number of halogens is 2. The van der Waals surface area contributed by atoms with Crippen LogP contribution < -0.4 is 4.74 Å². The number of nitro groups is 1. The van der Waals surface area contributed by atoms with Gasteiger partial charge in [-0.25, -0.2) is 0 Å². The zero-order valence-corrected chi connectivity index (χ0v) is 12.4. The van der Waals surface area contributed by atoms with Crippen LogP contribution in [0.1, 0.15) is 32.1 Å². The Hall–Kier alpha value is -1.17. The van der Waals surface area contributed by atoms with Crippen molar-refractivity contribution in [1.29, 1.82) is 0 Å². The fraction of sp³-hybridized carbons (Fsp3) is 0.571. The van der Waals surface area contributed by atoms with Crippen molar-refractivity contribution in [2.24, 2.45) is 5.41 Å². The van der Waals surface area contributed by atoms with E-state index in [1.807, 2.05) is 0 Å². The molecule has 3 rings (SSSR count). The van der Waals surface area contributed by atoms with Gasteiger partial charge in [0.1, 0.15) is 11.9 Å². The van der Waals surface area contributed by atoms with Crippen LogP contribution in [-0.2, 0) is 0 Å². The molecule has 6 heteroatoms. The topological polar surface area (TPSA) is 52.4 Å². The second-order valence-electron chi connectivity index (χ2n) is 5.62. The third kappa shape index (κ3) is 2.10. The minimum atomic E-state index is -0.845. The summed E-state index contributed by atoms with van der Waals surface area (Å²) in [5.74, 6) is -0.466. The molecule has 0 amide bonds. The van der Waals surface area contributed by atoms with E-state index >= 15 is 0 Å². The van der Waals surface area contributed by atoms with Crippen molar-refractivity contribution in [3.63, 3.8) is 0 Å². The third-order valence-electron chi connectivity index (χ3n) is 4.61. The Bertz CT molecular complexity index is 545.